The van der Waals surface area contributed by atoms with E-state index in [2.05, 4.69) is 15.4 Å². The van der Waals surface area contributed by atoms with Gasteiger partial charge in [0.1, 0.15) is 18.1 Å². The third-order valence-corrected chi connectivity index (χ3v) is 2.34. The van der Waals surface area contributed by atoms with Gasteiger partial charge in [-0.15, -0.1) is 0 Å². The fraction of sp³-hybridized carbons (Fsp3) is 0.600. The van der Waals surface area contributed by atoms with Crippen LogP contribution >= 0.6 is 0 Å². The number of ether oxygens (including phenoxy) is 1. The predicted molar refractivity (Wildman–Crippen MR) is 58.9 cm³/mol. The number of hydrogen-bond donors (Lipinski definition) is 3. The predicted octanol–water partition coefficient (Wildman–Crippen LogP) is -2.20. The molecule has 0 saturated carbocycles. The summed E-state index contributed by atoms with van der Waals surface area (Å²) in [6.45, 7) is 2.88. The molecule has 0 radical (unpaired) electrons. The van der Waals surface area contributed by atoms with Gasteiger partial charge in [0.2, 0.25) is 11.8 Å². The van der Waals surface area contributed by atoms with Crippen LogP contribution in [0.2, 0.25) is 0 Å². The summed E-state index contributed by atoms with van der Waals surface area (Å²) < 4.78 is 4.39. The van der Waals surface area contributed by atoms with Gasteiger partial charge in [0, 0.05) is 0 Å². The Bertz CT molecular complexity index is 393. The van der Waals surface area contributed by atoms with Crippen LogP contribution in [0.15, 0.2) is 0 Å². The van der Waals surface area contributed by atoms with E-state index in [-0.39, 0.29) is 0 Å². The quantitative estimate of drug-likeness (QED) is 0.389. The Kier molecular flexibility index (Phi) is 4.38. The Hall–Kier alpha value is -1.96. The number of carbonyl (C=O) groups is 4. The van der Waals surface area contributed by atoms with Crippen LogP contribution in [-0.4, -0.2) is 41.9 Å². The first-order valence-electron chi connectivity index (χ1n) is 5.42. The molecule has 4 N–H and O–H groups in total. The Balaban J connectivity index is 2.52. The lowest BCUT2D eigenvalue weighted by Gasteiger charge is -2.26. The lowest BCUT2D eigenvalue weighted by Crippen LogP contribution is -2.61. The fourth-order valence-corrected chi connectivity index (χ4v) is 1.30. The van der Waals surface area contributed by atoms with Crippen LogP contribution in [0.25, 0.3) is 0 Å². The average Bonchev–Trinajstić information content (AvgIpc) is 2.25. The minimum absolute atomic E-state index is 0.397. The van der Waals surface area contributed by atoms with E-state index >= 15 is 0 Å². The highest BCUT2D eigenvalue weighted by Crippen LogP contribution is 2.03. The largest absolute Gasteiger partial charge is 0.392 e. The van der Waals surface area contributed by atoms with Crippen LogP contribution in [0.1, 0.15) is 20.3 Å². The smallest absolute Gasteiger partial charge is 0.330 e. The van der Waals surface area contributed by atoms with Gasteiger partial charge in [-0.3, -0.25) is 14.4 Å². The molecule has 18 heavy (non-hydrogen) atoms. The van der Waals surface area contributed by atoms with Crippen LogP contribution in [-0.2, 0) is 23.9 Å². The minimum Gasteiger partial charge on any atom is -0.392 e. The summed E-state index contributed by atoms with van der Waals surface area (Å²) in [4.78, 5) is 45.1. The summed E-state index contributed by atoms with van der Waals surface area (Å²) >= 11 is 0. The maximum Gasteiger partial charge on any atom is 0.330 e. The summed E-state index contributed by atoms with van der Waals surface area (Å²) in [6, 6.07) is -2.60. The molecular formula is C10H15N3O5. The molecule has 0 aromatic rings. The molecule has 1 rings (SSSR count). The van der Waals surface area contributed by atoms with Crippen molar-refractivity contribution in [2.24, 2.45) is 5.73 Å². The molecule has 0 spiro atoms. The van der Waals surface area contributed by atoms with Crippen molar-refractivity contribution >= 4 is 23.8 Å². The highest BCUT2D eigenvalue weighted by Gasteiger charge is 2.33. The molecule has 2 unspecified atom stereocenters. The Morgan fingerprint density at radius 1 is 1.33 bits per heavy atom. The molecule has 0 aromatic heterocycles. The summed E-state index contributed by atoms with van der Waals surface area (Å²) in [7, 11) is 0. The molecule has 8 nitrogen and oxygen atoms in total. The highest BCUT2D eigenvalue weighted by molar-refractivity contribution is 5.99. The van der Waals surface area contributed by atoms with Gasteiger partial charge in [-0.1, -0.05) is 0 Å². The lowest BCUT2D eigenvalue weighted by molar-refractivity contribution is -0.161. The topological polar surface area (TPSA) is 128 Å². The van der Waals surface area contributed by atoms with Crippen molar-refractivity contribution in [3.05, 3.63) is 0 Å². The molecule has 1 aliphatic heterocycles. The van der Waals surface area contributed by atoms with Crippen molar-refractivity contribution < 1.29 is 23.9 Å². The SMILES string of the molecule is CC1NC(=O)C(CC(=O)OC(=O)[C@H](C)N)NC1=O. The normalized spacial score (nSPS) is 24.8. The van der Waals surface area contributed by atoms with Crippen molar-refractivity contribution in [3.63, 3.8) is 0 Å². The first-order chi connectivity index (χ1) is 8.31. The molecule has 0 bridgehead atoms. The van der Waals surface area contributed by atoms with Crippen LogP contribution in [0, 0.1) is 0 Å². The summed E-state index contributed by atoms with van der Waals surface area (Å²) in [5, 5.41) is 4.75. The van der Waals surface area contributed by atoms with Crippen LogP contribution in [0.4, 0.5) is 0 Å². The Labute approximate surface area is 103 Å². The number of carbonyl (C=O) groups excluding carboxylic acids is 4. The molecular weight excluding hydrogens is 242 g/mol. The molecule has 1 aliphatic rings. The van der Waals surface area contributed by atoms with E-state index < -0.39 is 48.3 Å². The zero-order valence-corrected chi connectivity index (χ0v) is 10.1. The van der Waals surface area contributed by atoms with Gasteiger partial charge in [-0.2, -0.15) is 0 Å². The van der Waals surface area contributed by atoms with Crippen molar-refractivity contribution in [2.75, 3.05) is 0 Å². The zero-order chi connectivity index (χ0) is 13.9. The van der Waals surface area contributed by atoms with Gasteiger partial charge in [-0.25, -0.2) is 4.79 Å². The second-order valence-corrected chi connectivity index (χ2v) is 4.08. The number of piperazine rings is 1. The van der Waals surface area contributed by atoms with Crippen molar-refractivity contribution in [3.8, 4) is 0 Å². The van der Waals surface area contributed by atoms with Crippen LogP contribution < -0.4 is 16.4 Å². The molecule has 1 heterocycles. The molecule has 2 amide bonds. The number of nitrogens with one attached hydrogen (secondary N) is 2. The maximum absolute atomic E-state index is 11.5. The first-order valence-corrected chi connectivity index (χ1v) is 5.42. The van der Waals surface area contributed by atoms with Gasteiger partial charge < -0.3 is 21.1 Å². The third kappa shape index (κ3) is 3.52. The van der Waals surface area contributed by atoms with Crippen LogP contribution in [0.3, 0.4) is 0 Å². The first kappa shape index (κ1) is 14.1. The lowest BCUT2D eigenvalue weighted by atomic mass is 10.1. The zero-order valence-electron chi connectivity index (χ0n) is 10.1. The minimum atomic E-state index is -1.03. The van der Waals surface area contributed by atoms with Gasteiger partial charge in [0.15, 0.2) is 0 Å². The van der Waals surface area contributed by atoms with Crippen molar-refractivity contribution in [1.29, 1.82) is 0 Å². The molecule has 8 heteroatoms. The van der Waals surface area contributed by atoms with E-state index in [1.165, 1.54) is 13.8 Å². The summed E-state index contributed by atoms with van der Waals surface area (Å²) in [5.74, 6) is -2.68. The number of amides is 2. The second kappa shape index (κ2) is 5.58. The molecule has 0 aliphatic carbocycles. The standard InChI is InChI=1S/C10H15N3O5/c1-4(11)10(17)18-7(14)3-6-9(16)12-5(2)8(15)13-6/h4-6H,3,11H2,1-2H3,(H,12,16)(H,13,15)/t4-,5?,6?/m0/s1. The van der Waals surface area contributed by atoms with Gasteiger partial charge in [0.05, 0.1) is 6.42 Å². The molecule has 0 aromatic carbocycles. The van der Waals surface area contributed by atoms with Crippen LogP contribution in [0.5, 0.6) is 0 Å². The molecule has 100 valence electrons. The Morgan fingerprint density at radius 2 is 1.94 bits per heavy atom. The molecule has 1 fully saturated rings. The molecule has 3 atom stereocenters. The highest BCUT2D eigenvalue weighted by atomic mass is 16.6. The number of rotatable bonds is 3. The van der Waals surface area contributed by atoms with Gasteiger partial charge >= 0.3 is 11.9 Å². The monoisotopic (exact) mass is 257 g/mol. The van der Waals surface area contributed by atoms with Crippen molar-refractivity contribution in [2.45, 2.75) is 38.4 Å². The third-order valence-electron chi connectivity index (χ3n) is 2.34. The van der Waals surface area contributed by atoms with E-state index in [9.17, 15) is 19.2 Å². The number of esters is 2. The molecule has 1 saturated heterocycles. The average molecular weight is 257 g/mol. The summed E-state index contributed by atoms with van der Waals surface area (Å²) in [5.41, 5.74) is 5.21. The van der Waals surface area contributed by atoms with E-state index in [0.29, 0.717) is 0 Å². The van der Waals surface area contributed by atoms with E-state index in [1.54, 1.807) is 0 Å². The van der Waals surface area contributed by atoms with Gasteiger partial charge in [0.25, 0.3) is 0 Å². The number of nitrogens with two attached hydrogens (primary N) is 1. The van der Waals surface area contributed by atoms with Crippen molar-refractivity contribution in [1.82, 2.24) is 10.6 Å². The van der Waals surface area contributed by atoms with Gasteiger partial charge in [-0.05, 0) is 13.8 Å². The van der Waals surface area contributed by atoms with E-state index in [0.717, 1.165) is 0 Å². The van der Waals surface area contributed by atoms with E-state index in [1.807, 2.05) is 0 Å². The van der Waals surface area contributed by atoms with E-state index in [4.69, 9.17) is 5.73 Å². The summed E-state index contributed by atoms with van der Waals surface area (Å²) in [6.07, 6.45) is -0.414. The fourth-order valence-electron chi connectivity index (χ4n) is 1.30. The second-order valence-electron chi connectivity index (χ2n) is 4.08. The Morgan fingerprint density at radius 3 is 2.50 bits per heavy atom. The number of hydrogen-bond acceptors (Lipinski definition) is 6. The maximum atomic E-state index is 11.5.